The predicted octanol–water partition coefficient (Wildman–Crippen LogP) is 5.12. The molecule has 0 saturated carbocycles. The normalized spacial score (nSPS) is 19.2. The summed E-state index contributed by atoms with van der Waals surface area (Å²) in [6, 6.07) is 7.59. The molecule has 2 atom stereocenters. The summed E-state index contributed by atoms with van der Waals surface area (Å²) in [7, 11) is 0. The van der Waals surface area contributed by atoms with Crippen LogP contribution in [0.4, 0.5) is 4.79 Å². The minimum atomic E-state index is -0.708. The van der Waals surface area contributed by atoms with E-state index < -0.39 is 17.7 Å². The van der Waals surface area contributed by atoms with Crippen LogP contribution in [-0.4, -0.2) is 74.2 Å². The molecule has 1 fully saturated rings. The Labute approximate surface area is 257 Å². The summed E-state index contributed by atoms with van der Waals surface area (Å²) in [4.78, 5) is 39.9. The number of rotatable bonds is 6. The number of carbonyl (C=O) groups is 2. The van der Waals surface area contributed by atoms with Gasteiger partial charge in [0, 0.05) is 60.3 Å². The van der Waals surface area contributed by atoms with Gasteiger partial charge in [0.15, 0.2) is 0 Å². The first-order valence-electron chi connectivity index (χ1n) is 14.0. The number of nitrogens with one attached hydrogen (secondary N) is 1. The number of fused-ring (bicyclic) bond motifs is 2. The molecule has 1 saturated heterocycles. The molecule has 2 amide bonds. The second-order valence-corrected chi connectivity index (χ2v) is 13.3. The molecule has 2 aromatic heterocycles. The summed E-state index contributed by atoms with van der Waals surface area (Å²) in [5.41, 5.74) is 3.94. The summed E-state index contributed by atoms with van der Waals surface area (Å²) in [5, 5.41) is 3.08. The van der Waals surface area contributed by atoms with Gasteiger partial charge in [-0.15, -0.1) is 0 Å². The van der Waals surface area contributed by atoms with Gasteiger partial charge in [-0.2, -0.15) is 0 Å². The number of pyridine rings is 1. The van der Waals surface area contributed by atoms with Gasteiger partial charge in [-0.3, -0.25) is 19.6 Å². The maximum atomic E-state index is 13.7. The lowest BCUT2D eigenvalue weighted by Crippen LogP contribution is -2.61. The minimum absolute atomic E-state index is 0.163. The van der Waals surface area contributed by atoms with Crippen molar-refractivity contribution in [3.05, 3.63) is 80.5 Å². The maximum absolute atomic E-state index is 13.7. The zero-order valence-corrected chi connectivity index (χ0v) is 26.8. The first kappa shape index (κ1) is 29.7. The maximum Gasteiger partial charge on any atom is 0.411 e. The third-order valence-corrected chi connectivity index (χ3v) is 8.59. The SMILES string of the molecule is CC(C)(C)OC(=O)N1CCN(C2c3ncc(Br)cc3CCc3cccc(Br)c32)C[C@@H]1C(=O)NCCCn1ccnc1. The topological polar surface area (TPSA) is 92.6 Å². The molecule has 5 rings (SSSR count). The summed E-state index contributed by atoms with van der Waals surface area (Å²) in [5.74, 6) is -0.184. The second-order valence-electron chi connectivity index (χ2n) is 11.5. The quantitative estimate of drug-likeness (QED) is 0.362. The average Bonchev–Trinajstić information content (AvgIpc) is 3.38. The van der Waals surface area contributed by atoms with Crippen LogP contribution in [-0.2, 0) is 28.9 Å². The first-order chi connectivity index (χ1) is 19.6. The van der Waals surface area contributed by atoms with E-state index in [1.165, 1.54) is 16.7 Å². The molecule has 1 N–H and O–H groups in total. The minimum Gasteiger partial charge on any atom is -0.444 e. The standard InChI is InChI=1S/C30H36Br2N6O3/c1-30(2,3)41-29(40)38-15-14-37(18-24(38)28(39)34-10-5-12-36-13-11-33-19-36)27-25-20(6-4-7-23(25)32)8-9-21-16-22(31)17-35-26(21)27/h4,6-7,11,13,16-17,19,24,27H,5,8-10,12,14-15,18H2,1-3H3,(H,34,39)/t24-,27?/m1/s1. The summed E-state index contributed by atoms with van der Waals surface area (Å²) in [6.07, 6.45) is 9.30. The first-order valence-corrected chi connectivity index (χ1v) is 15.6. The van der Waals surface area contributed by atoms with Gasteiger partial charge in [-0.25, -0.2) is 9.78 Å². The van der Waals surface area contributed by atoms with Crippen molar-refractivity contribution >= 4 is 43.9 Å². The van der Waals surface area contributed by atoms with Crippen LogP contribution in [0.2, 0.25) is 0 Å². The van der Waals surface area contributed by atoms with Crippen LogP contribution in [0, 0.1) is 0 Å². The molecular formula is C30H36Br2N6O3. The van der Waals surface area contributed by atoms with Crippen molar-refractivity contribution in [1.29, 1.82) is 0 Å². The van der Waals surface area contributed by atoms with Crippen molar-refractivity contribution < 1.29 is 14.3 Å². The van der Waals surface area contributed by atoms with E-state index in [9.17, 15) is 9.59 Å². The molecule has 3 aromatic rings. The van der Waals surface area contributed by atoms with E-state index in [1.54, 1.807) is 17.4 Å². The molecule has 41 heavy (non-hydrogen) atoms. The molecular weight excluding hydrogens is 652 g/mol. The predicted molar refractivity (Wildman–Crippen MR) is 163 cm³/mol. The van der Waals surface area contributed by atoms with Crippen molar-refractivity contribution in [2.75, 3.05) is 26.2 Å². The Hall–Kier alpha value is -2.76. The molecule has 0 radical (unpaired) electrons. The molecule has 9 nitrogen and oxygen atoms in total. The Morgan fingerprint density at radius 1 is 1.15 bits per heavy atom. The molecule has 2 aliphatic rings. The van der Waals surface area contributed by atoms with Crippen LogP contribution in [0.1, 0.15) is 55.6 Å². The second kappa shape index (κ2) is 12.6. The summed E-state index contributed by atoms with van der Waals surface area (Å²) in [6.45, 7) is 8.06. The fraction of sp³-hybridized carbons (Fsp3) is 0.467. The summed E-state index contributed by atoms with van der Waals surface area (Å²) < 4.78 is 9.68. The number of nitrogens with zero attached hydrogens (tertiary/aromatic N) is 5. The van der Waals surface area contributed by atoms with Crippen molar-refractivity contribution in [3.8, 4) is 0 Å². The average molecular weight is 688 g/mol. The van der Waals surface area contributed by atoms with Gasteiger partial charge in [-0.05, 0) is 84.8 Å². The van der Waals surface area contributed by atoms with Crippen LogP contribution in [0.3, 0.4) is 0 Å². The molecule has 0 spiro atoms. The molecule has 1 aromatic carbocycles. The molecule has 1 unspecified atom stereocenters. The number of piperazine rings is 1. The van der Waals surface area contributed by atoms with E-state index >= 15 is 0 Å². The van der Waals surface area contributed by atoms with Crippen molar-refractivity contribution in [2.45, 2.75) is 64.3 Å². The Morgan fingerprint density at radius 3 is 2.71 bits per heavy atom. The van der Waals surface area contributed by atoms with Gasteiger partial charge in [0.25, 0.3) is 0 Å². The lowest BCUT2D eigenvalue weighted by atomic mass is 9.95. The van der Waals surface area contributed by atoms with Crippen molar-refractivity contribution in [3.63, 3.8) is 0 Å². The van der Waals surface area contributed by atoms with Crippen LogP contribution < -0.4 is 5.32 Å². The zero-order valence-electron chi connectivity index (χ0n) is 23.6. The number of amides is 2. The fourth-order valence-corrected chi connectivity index (χ4v) is 6.62. The Balaban J connectivity index is 1.43. The molecule has 1 aliphatic heterocycles. The van der Waals surface area contributed by atoms with Gasteiger partial charge in [0.05, 0.1) is 18.1 Å². The highest BCUT2D eigenvalue weighted by Gasteiger charge is 2.42. The van der Waals surface area contributed by atoms with Gasteiger partial charge >= 0.3 is 6.09 Å². The van der Waals surface area contributed by atoms with Crippen LogP contribution >= 0.6 is 31.9 Å². The van der Waals surface area contributed by atoms with E-state index in [2.05, 4.69) is 71.3 Å². The number of benzene rings is 1. The lowest BCUT2D eigenvalue weighted by molar-refractivity contribution is -0.129. The van der Waals surface area contributed by atoms with E-state index in [1.807, 2.05) is 37.7 Å². The van der Waals surface area contributed by atoms with Crippen LogP contribution in [0.25, 0.3) is 0 Å². The highest BCUT2D eigenvalue weighted by atomic mass is 79.9. The third kappa shape index (κ3) is 7.01. The summed E-state index contributed by atoms with van der Waals surface area (Å²) >= 11 is 7.43. The Bertz CT molecular complexity index is 1390. The van der Waals surface area contributed by atoms with E-state index in [4.69, 9.17) is 9.72 Å². The molecule has 218 valence electrons. The fourth-order valence-electron chi connectivity index (χ4n) is 5.62. The number of imidazole rings is 1. The monoisotopic (exact) mass is 686 g/mol. The highest BCUT2D eigenvalue weighted by molar-refractivity contribution is 9.10. The van der Waals surface area contributed by atoms with Crippen molar-refractivity contribution in [1.82, 2.24) is 29.7 Å². The van der Waals surface area contributed by atoms with E-state index in [0.717, 1.165) is 40.4 Å². The largest absolute Gasteiger partial charge is 0.444 e. The molecule has 1 aliphatic carbocycles. The van der Waals surface area contributed by atoms with Crippen molar-refractivity contribution in [2.24, 2.45) is 0 Å². The number of aryl methyl sites for hydroxylation is 3. The number of aromatic nitrogens is 3. The van der Waals surface area contributed by atoms with Gasteiger partial charge in [-0.1, -0.05) is 28.1 Å². The van der Waals surface area contributed by atoms with Crippen LogP contribution in [0.5, 0.6) is 0 Å². The number of carbonyl (C=O) groups excluding carboxylic acids is 2. The molecule has 11 heteroatoms. The van der Waals surface area contributed by atoms with E-state index in [-0.39, 0.29) is 11.9 Å². The number of hydrogen-bond acceptors (Lipinski definition) is 6. The van der Waals surface area contributed by atoms with Gasteiger partial charge in [0.2, 0.25) is 5.91 Å². The molecule has 3 heterocycles. The third-order valence-electron chi connectivity index (χ3n) is 7.47. The Morgan fingerprint density at radius 2 is 1.95 bits per heavy atom. The highest BCUT2D eigenvalue weighted by Crippen LogP contribution is 2.41. The molecule has 0 bridgehead atoms. The van der Waals surface area contributed by atoms with Gasteiger partial charge in [0.1, 0.15) is 11.6 Å². The number of ether oxygens (including phenoxy) is 1. The number of hydrogen-bond donors (Lipinski definition) is 1. The number of halogens is 2. The Kier molecular flexibility index (Phi) is 9.15. The van der Waals surface area contributed by atoms with Crippen LogP contribution in [0.15, 0.2) is 58.1 Å². The van der Waals surface area contributed by atoms with E-state index in [0.29, 0.717) is 26.2 Å². The zero-order chi connectivity index (χ0) is 29.1. The van der Waals surface area contributed by atoms with Gasteiger partial charge < -0.3 is 14.6 Å². The lowest BCUT2D eigenvalue weighted by Gasteiger charge is -2.44. The smallest absolute Gasteiger partial charge is 0.411 e.